The first-order valence-electron chi connectivity index (χ1n) is 5.83. The fourth-order valence-corrected chi connectivity index (χ4v) is 1.87. The van der Waals surface area contributed by atoms with Crippen molar-refractivity contribution in [3.8, 4) is 17.2 Å². The molecule has 2 aromatic carbocycles. The van der Waals surface area contributed by atoms with Crippen LogP contribution < -0.4 is 4.74 Å². The van der Waals surface area contributed by atoms with Crippen molar-refractivity contribution < 1.29 is 14.9 Å². The van der Waals surface area contributed by atoms with Crippen LogP contribution in [-0.2, 0) is 12.8 Å². The highest BCUT2D eigenvalue weighted by Gasteiger charge is 2.03. The summed E-state index contributed by atoms with van der Waals surface area (Å²) >= 11 is 0. The number of methoxy groups -OCH3 is 1. The van der Waals surface area contributed by atoms with E-state index in [1.54, 1.807) is 19.2 Å². The summed E-state index contributed by atoms with van der Waals surface area (Å²) in [6, 6.07) is 12.6. The Morgan fingerprint density at radius 3 is 2.56 bits per heavy atom. The molecular formula is C15H16O3. The number of aromatic hydroxyl groups is 2. The van der Waals surface area contributed by atoms with E-state index in [4.69, 9.17) is 4.74 Å². The van der Waals surface area contributed by atoms with Gasteiger partial charge in [0.2, 0.25) is 0 Å². The zero-order valence-corrected chi connectivity index (χ0v) is 10.3. The Kier molecular flexibility index (Phi) is 3.72. The highest BCUT2D eigenvalue weighted by atomic mass is 16.5. The molecule has 0 saturated heterocycles. The lowest BCUT2D eigenvalue weighted by molar-refractivity contribution is 0.414. The molecule has 0 unspecified atom stereocenters. The molecule has 0 spiro atoms. The second kappa shape index (κ2) is 5.45. The summed E-state index contributed by atoms with van der Waals surface area (Å²) < 4.78 is 5.16. The zero-order valence-electron chi connectivity index (χ0n) is 10.3. The molecule has 2 rings (SSSR count). The van der Waals surface area contributed by atoms with E-state index in [9.17, 15) is 10.2 Å². The number of phenols is 2. The van der Waals surface area contributed by atoms with E-state index in [1.807, 2.05) is 24.3 Å². The highest BCUT2D eigenvalue weighted by Crippen LogP contribution is 2.24. The number of rotatable bonds is 4. The Balaban J connectivity index is 2.06. The number of ether oxygens (including phenoxy) is 1. The summed E-state index contributed by atoms with van der Waals surface area (Å²) in [5.41, 5.74) is 1.98. The average Bonchev–Trinajstić information content (AvgIpc) is 2.38. The molecule has 18 heavy (non-hydrogen) atoms. The first kappa shape index (κ1) is 12.3. The Labute approximate surface area is 106 Å². The Hall–Kier alpha value is -2.16. The second-order valence-corrected chi connectivity index (χ2v) is 4.16. The standard InChI is InChI=1S/C15H16O3/c1-18-14-4-2-3-11(9-14)5-6-12-7-8-13(16)10-15(12)17/h2-4,7-10,16-17H,5-6H2,1H3. The molecule has 0 atom stereocenters. The van der Waals surface area contributed by atoms with Crippen LogP contribution in [0.4, 0.5) is 0 Å². The van der Waals surface area contributed by atoms with Crippen LogP contribution in [-0.4, -0.2) is 17.3 Å². The van der Waals surface area contributed by atoms with Gasteiger partial charge in [-0.1, -0.05) is 18.2 Å². The average molecular weight is 244 g/mol. The van der Waals surface area contributed by atoms with Crippen molar-refractivity contribution in [2.45, 2.75) is 12.8 Å². The molecule has 0 aliphatic heterocycles. The fraction of sp³-hybridized carbons (Fsp3) is 0.200. The van der Waals surface area contributed by atoms with E-state index in [0.717, 1.165) is 29.7 Å². The molecule has 0 aliphatic rings. The summed E-state index contributed by atoms with van der Waals surface area (Å²) in [6.45, 7) is 0. The summed E-state index contributed by atoms with van der Waals surface area (Å²) in [5, 5.41) is 18.9. The number of aryl methyl sites for hydroxylation is 2. The van der Waals surface area contributed by atoms with Crippen molar-refractivity contribution in [1.29, 1.82) is 0 Å². The van der Waals surface area contributed by atoms with E-state index in [2.05, 4.69) is 0 Å². The van der Waals surface area contributed by atoms with E-state index >= 15 is 0 Å². The van der Waals surface area contributed by atoms with E-state index in [-0.39, 0.29) is 11.5 Å². The third-order valence-electron chi connectivity index (χ3n) is 2.89. The van der Waals surface area contributed by atoms with Gasteiger partial charge in [-0.05, 0) is 42.2 Å². The van der Waals surface area contributed by atoms with E-state index in [0.29, 0.717) is 0 Å². The quantitative estimate of drug-likeness (QED) is 0.869. The maximum absolute atomic E-state index is 9.69. The molecule has 0 aliphatic carbocycles. The molecule has 0 amide bonds. The SMILES string of the molecule is COc1cccc(CCc2ccc(O)cc2O)c1. The smallest absolute Gasteiger partial charge is 0.122 e. The number of benzene rings is 2. The fourth-order valence-electron chi connectivity index (χ4n) is 1.87. The lowest BCUT2D eigenvalue weighted by Crippen LogP contribution is -1.93. The van der Waals surface area contributed by atoms with Gasteiger partial charge in [0, 0.05) is 6.07 Å². The first-order valence-corrected chi connectivity index (χ1v) is 5.83. The zero-order chi connectivity index (χ0) is 13.0. The topological polar surface area (TPSA) is 49.7 Å². The molecule has 0 radical (unpaired) electrons. The Bertz CT molecular complexity index is 535. The van der Waals surface area contributed by atoms with Crippen LogP contribution >= 0.6 is 0 Å². The predicted molar refractivity (Wildman–Crippen MR) is 70.2 cm³/mol. The van der Waals surface area contributed by atoms with Gasteiger partial charge in [0.25, 0.3) is 0 Å². The van der Waals surface area contributed by atoms with Crippen LogP contribution in [0.2, 0.25) is 0 Å². The normalized spacial score (nSPS) is 10.3. The van der Waals surface area contributed by atoms with E-state index in [1.165, 1.54) is 6.07 Å². The van der Waals surface area contributed by atoms with Crippen LogP contribution in [0.5, 0.6) is 17.2 Å². The van der Waals surface area contributed by atoms with Gasteiger partial charge in [-0.3, -0.25) is 0 Å². The second-order valence-electron chi connectivity index (χ2n) is 4.16. The largest absolute Gasteiger partial charge is 0.508 e. The molecule has 0 fully saturated rings. The minimum absolute atomic E-state index is 0.0811. The van der Waals surface area contributed by atoms with Crippen molar-refractivity contribution >= 4 is 0 Å². The van der Waals surface area contributed by atoms with Crippen molar-refractivity contribution in [2.24, 2.45) is 0 Å². The molecule has 3 heteroatoms. The Morgan fingerprint density at radius 1 is 1.00 bits per heavy atom. The van der Waals surface area contributed by atoms with Crippen LogP contribution in [0.1, 0.15) is 11.1 Å². The van der Waals surface area contributed by atoms with Gasteiger partial charge in [-0.15, -0.1) is 0 Å². The number of hydrogen-bond acceptors (Lipinski definition) is 3. The van der Waals surface area contributed by atoms with Gasteiger partial charge < -0.3 is 14.9 Å². The predicted octanol–water partition coefficient (Wildman–Crippen LogP) is 2.89. The molecule has 2 N–H and O–H groups in total. The maximum atomic E-state index is 9.69. The lowest BCUT2D eigenvalue weighted by atomic mass is 10.0. The third-order valence-corrected chi connectivity index (χ3v) is 2.89. The van der Waals surface area contributed by atoms with Gasteiger partial charge in [0.1, 0.15) is 17.2 Å². The van der Waals surface area contributed by atoms with Crippen molar-refractivity contribution in [3.05, 3.63) is 53.6 Å². The lowest BCUT2D eigenvalue weighted by Gasteiger charge is -2.06. The number of phenolic OH excluding ortho intramolecular Hbond substituents is 2. The van der Waals surface area contributed by atoms with Gasteiger partial charge in [-0.2, -0.15) is 0 Å². The monoisotopic (exact) mass is 244 g/mol. The summed E-state index contributed by atoms with van der Waals surface area (Å²) in [6.07, 6.45) is 1.54. The third kappa shape index (κ3) is 2.94. The van der Waals surface area contributed by atoms with Gasteiger partial charge in [0.05, 0.1) is 7.11 Å². The van der Waals surface area contributed by atoms with E-state index < -0.39 is 0 Å². The molecule has 94 valence electrons. The Morgan fingerprint density at radius 2 is 1.83 bits per heavy atom. The van der Waals surface area contributed by atoms with Crippen LogP contribution in [0.25, 0.3) is 0 Å². The summed E-state index contributed by atoms with van der Waals surface area (Å²) in [7, 11) is 1.64. The summed E-state index contributed by atoms with van der Waals surface area (Å²) in [5.74, 6) is 1.05. The van der Waals surface area contributed by atoms with Crippen molar-refractivity contribution in [3.63, 3.8) is 0 Å². The van der Waals surface area contributed by atoms with Crippen LogP contribution in [0, 0.1) is 0 Å². The minimum atomic E-state index is 0.0811. The van der Waals surface area contributed by atoms with Crippen LogP contribution in [0.15, 0.2) is 42.5 Å². The van der Waals surface area contributed by atoms with Gasteiger partial charge >= 0.3 is 0 Å². The first-order chi connectivity index (χ1) is 8.69. The van der Waals surface area contributed by atoms with Crippen molar-refractivity contribution in [2.75, 3.05) is 7.11 Å². The molecule has 2 aromatic rings. The molecule has 0 heterocycles. The molecule has 0 bridgehead atoms. The van der Waals surface area contributed by atoms with Gasteiger partial charge in [0.15, 0.2) is 0 Å². The molecular weight excluding hydrogens is 228 g/mol. The van der Waals surface area contributed by atoms with Crippen molar-refractivity contribution in [1.82, 2.24) is 0 Å². The highest BCUT2D eigenvalue weighted by molar-refractivity contribution is 5.39. The maximum Gasteiger partial charge on any atom is 0.122 e. The summed E-state index contributed by atoms with van der Waals surface area (Å²) in [4.78, 5) is 0. The van der Waals surface area contributed by atoms with Gasteiger partial charge in [-0.25, -0.2) is 0 Å². The minimum Gasteiger partial charge on any atom is -0.508 e. The molecule has 0 saturated carbocycles. The molecule has 3 nitrogen and oxygen atoms in total. The molecule has 0 aromatic heterocycles. The number of hydrogen-bond donors (Lipinski definition) is 2. The van der Waals surface area contributed by atoms with Crippen LogP contribution in [0.3, 0.4) is 0 Å².